The Morgan fingerprint density at radius 2 is 1.07 bits per heavy atom. The minimum absolute atomic E-state index is 0.0245. The zero-order valence-corrected chi connectivity index (χ0v) is 39.3. The van der Waals surface area contributed by atoms with Crippen LogP contribution in [0.2, 0.25) is 0 Å². The van der Waals surface area contributed by atoms with Crippen LogP contribution < -0.4 is 26.6 Å². The van der Waals surface area contributed by atoms with E-state index in [9.17, 15) is 73.5 Å². The van der Waals surface area contributed by atoms with Gasteiger partial charge in [-0.1, -0.05) is 30.7 Å². The summed E-state index contributed by atoms with van der Waals surface area (Å²) < 4.78 is 4.83. The van der Waals surface area contributed by atoms with Gasteiger partial charge in [-0.25, -0.2) is 9.59 Å². The lowest BCUT2D eigenvalue weighted by atomic mass is 10.0. The number of aryl methyl sites for hydroxylation is 2. The quantitative estimate of drug-likeness (QED) is 0.0250. The summed E-state index contributed by atoms with van der Waals surface area (Å²) in [5.74, 6) is -7.32. The van der Waals surface area contributed by atoms with E-state index < -0.39 is 80.1 Å². The van der Waals surface area contributed by atoms with Crippen LogP contribution in [-0.4, -0.2) is 164 Å². The molecule has 2 atom stereocenters. The van der Waals surface area contributed by atoms with Crippen LogP contribution in [0.1, 0.15) is 92.9 Å². The number of nitrogens with one attached hydrogen (secondary N) is 5. The molecule has 25 heteroatoms. The average molecular weight is 1000 g/mol. The average Bonchev–Trinajstić information content (AvgIpc) is 3.29. The summed E-state index contributed by atoms with van der Waals surface area (Å²) in [6.45, 7) is -0.612. The number of aromatic hydroxyl groups is 2. The molecule has 5 amide bonds. The van der Waals surface area contributed by atoms with Crippen molar-refractivity contribution in [3.05, 3.63) is 58.7 Å². The maximum atomic E-state index is 12.6. The van der Waals surface area contributed by atoms with E-state index in [2.05, 4.69) is 26.6 Å². The topological polar surface area (TPSA) is 388 Å². The van der Waals surface area contributed by atoms with Crippen molar-refractivity contribution in [1.82, 2.24) is 36.4 Å². The van der Waals surface area contributed by atoms with E-state index in [0.29, 0.717) is 73.9 Å². The lowest BCUT2D eigenvalue weighted by Gasteiger charge is -2.26. The number of carboxylic acid groups (broad SMARTS) is 5. The Labute approximate surface area is 408 Å². The molecule has 0 saturated heterocycles. The minimum atomic E-state index is -1.47. The second-order valence-corrected chi connectivity index (χ2v) is 16.5. The van der Waals surface area contributed by atoms with Crippen LogP contribution in [0, 0.1) is 0 Å². The number of aliphatic carboxylic acids is 5. The Morgan fingerprint density at radius 3 is 1.55 bits per heavy atom. The van der Waals surface area contributed by atoms with E-state index in [1.807, 2.05) is 0 Å². The number of ether oxygens (including phenoxy) is 1. The predicted octanol–water partition coefficient (Wildman–Crippen LogP) is 0.717. The van der Waals surface area contributed by atoms with Crippen LogP contribution in [0.3, 0.4) is 0 Å². The van der Waals surface area contributed by atoms with E-state index in [0.717, 1.165) is 0 Å². The molecule has 0 fully saturated rings. The van der Waals surface area contributed by atoms with Gasteiger partial charge >= 0.3 is 35.9 Å². The van der Waals surface area contributed by atoms with E-state index >= 15 is 0 Å². The van der Waals surface area contributed by atoms with Gasteiger partial charge in [-0.05, 0) is 68.2 Å². The van der Waals surface area contributed by atoms with Crippen molar-refractivity contribution in [2.24, 2.45) is 0 Å². The van der Waals surface area contributed by atoms with Crippen molar-refractivity contribution >= 4 is 60.1 Å². The van der Waals surface area contributed by atoms with Gasteiger partial charge in [0.1, 0.15) is 24.1 Å². The van der Waals surface area contributed by atoms with Crippen LogP contribution in [0.5, 0.6) is 11.5 Å². The molecule has 2 rings (SSSR count). The highest BCUT2D eigenvalue weighted by molar-refractivity contribution is 5.83. The highest BCUT2D eigenvalue weighted by Crippen LogP contribution is 2.23. The summed E-state index contributed by atoms with van der Waals surface area (Å²) in [6.07, 6.45) is 1.82. The molecule has 0 aliphatic heterocycles. The number of urea groups is 1. The van der Waals surface area contributed by atoms with Gasteiger partial charge in [-0.2, -0.15) is 0 Å². The molecule has 2 aromatic rings. The van der Waals surface area contributed by atoms with Gasteiger partial charge in [0.15, 0.2) is 6.23 Å². The van der Waals surface area contributed by atoms with Crippen molar-refractivity contribution in [3.8, 4) is 11.5 Å². The van der Waals surface area contributed by atoms with Gasteiger partial charge < -0.3 is 67.1 Å². The SMILES string of the molecule is O=CO[C@H](CCCCNC(=O)CCCCCNC(=O)CCc1ccc(O)c(CN(CCN(CC(=O)O)Cc2cc(CCC(=O)NCC(=O)O)ccc2O)CC(=O)O)c1)NC(=O)N[C@@H](CCC(=O)O)C(=O)O. The van der Waals surface area contributed by atoms with Crippen molar-refractivity contribution in [2.45, 2.75) is 109 Å². The van der Waals surface area contributed by atoms with Gasteiger partial charge in [0.2, 0.25) is 17.7 Å². The summed E-state index contributed by atoms with van der Waals surface area (Å²) in [5, 5.41) is 79.6. The number of rotatable bonds is 38. The molecule has 2 aromatic carbocycles. The lowest BCUT2D eigenvalue weighted by Crippen LogP contribution is -2.49. The number of hydrogen-bond donors (Lipinski definition) is 12. The molecular weight excluding hydrogens is 939 g/mol. The third kappa shape index (κ3) is 27.3. The molecule has 25 nitrogen and oxygen atoms in total. The van der Waals surface area contributed by atoms with Gasteiger partial charge in [0.25, 0.3) is 6.47 Å². The number of benzene rings is 2. The zero-order valence-electron chi connectivity index (χ0n) is 39.3. The molecule has 0 aromatic heterocycles. The minimum Gasteiger partial charge on any atom is -0.508 e. The summed E-state index contributed by atoms with van der Waals surface area (Å²) in [7, 11) is 0. The number of hydrogen-bond acceptors (Lipinski definition) is 15. The molecule has 0 spiro atoms. The van der Waals surface area contributed by atoms with Crippen LogP contribution in [-0.2, 0) is 73.8 Å². The monoisotopic (exact) mass is 1000 g/mol. The predicted molar refractivity (Wildman–Crippen MR) is 249 cm³/mol. The first kappa shape index (κ1) is 59.6. The van der Waals surface area contributed by atoms with E-state index in [1.54, 1.807) is 24.3 Å². The molecule has 0 bridgehead atoms. The molecule has 0 heterocycles. The maximum absolute atomic E-state index is 12.6. The number of nitrogens with zero attached hydrogens (tertiary/aromatic N) is 2. The first-order valence-corrected chi connectivity index (χ1v) is 22.9. The standard InChI is InChI=1S/C46H65N7O18/c54-29-71-40(51-46(70)50-34(45(68)69)12-17-41(60)61)7-3-5-19-47-37(57)6-2-1-4-18-48-38(58)15-10-30-8-13-35(55)32(22-30)25-52(27-43(64)65)20-21-53(28-44(66)67)26-33-23-31(9-14-36(33)56)11-16-39(59)49-24-42(62)63/h8-9,13-14,22-23,29,34,40,55-56H,1-7,10-12,15-21,24-28H2,(H,47,57)(H,48,58)(H,49,59)(H,60,61)(H,62,63)(H,64,65)(H,66,67)(H,68,69)(H2,50,51,70)/t34-,40+/m0/s1. The number of carbonyl (C=O) groups is 10. The Balaban J connectivity index is 1.77. The number of unbranched alkanes of at least 4 members (excludes halogenated alkanes) is 3. The van der Waals surface area contributed by atoms with Gasteiger partial charge in [-0.3, -0.25) is 48.2 Å². The second-order valence-electron chi connectivity index (χ2n) is 16.5. The highest BCUT2D eigenvalue weighted by atomic mass is 16.5. The third-order valence-electron chi connectivity index (χ3n) is 10.6. The number of carboxylic acids is 5. The second kappa shape index (κ2) is 33.1. The normalized spacial score (nSPS) is 11.7. The Kier molecular flexibility index (Phi) is 27.8. The van der Waals surface area contributed by atoms with Crippen LogP contribution in [0.15, 0.2) is 36.4 Å². The number of phenolic OH excluding ortho intramolecular Hbond substituents is 2. The summed E-state index contributed by atoms with van der Waals surface area (Å²) in [5.41, 5.74) is 2.08. The fourth-order valence-corrected chi connectivity index (χ4v) is 6.98. The van der Waals surface area contributed by atoms with Gasteiger partial charge in [0, 0.05) is 82.5 Å². The van der Waals surface area contributed by atoms with Gasteiger partial charge in [0.05, 0.1) is 13.1 Å². The number of carbonyl (C=O) groups excluding carboxylic acids is 5. The number of amides is 5. The largest absolute Gasteiger partial charge is 0.508 e. The van der Waals surface area contributed by atoms with E-state index in [1.165, 1.54) is 21.9 Å². The Morgan fingerprint density at radius 1 is 0.563 bits per heavy atom. The zero-order chi connectivity index (χ0) is 52.7. The maximum Gasteiger partial charge on any atom is 0.326 e. The van der Waals surface area contributed by atoms with E-state index in [-0.39, 0.29) is 94.5 Å². The number of phenols is 2. The molecule has 0 saturated carbocycles. The summed E-state index contributed by atoms with van der Waals surface area (Å²) in [6, 6.07) is 6.91. The van der Waals surface area contributed by atoms with Crippen molar-refractivity contribution < 1.29 is 88.4 Å². The van der Waals surface area contributed by atoms with Crippen molar-refractivity contribution in [1.29, 1.82) is 0 Å². The van der Waals surface area contributed by atoms with Crippen LogP contribution in [0.4, 0.5) is 4.79 Å². The molecule has 392 valence electrons. The van der Waals surface area contributed by atoms with Gasteiger partial charge in [-0.15, -0.1) is 0 Å². The molecule has 12 N–H and O–H groups in total. The summed E-state index contributed by atoms with van der Waals surface area (Å²) >= 11 is 0. The molecule has 0 radical (unpaired) electrons. The Hall–Kier alpha value is -7.54. The fourth-order valence-electron chi connectivity index (χ4n) is 6.98. The van der Waals surface area contributed by atoms with Crippen molar-refractivity contribution in [3.63, 3.8) is 0 Å². The lowest BCUT2D eigenvalue weighted by molar-refractivity contribution is -0.141. The Bertz CT molecular complexity index is 2120. The first-order valence-electron chi connectivity index (χ1n) is 22.9. The van der Waals surface area contributed by atoms with Crippen LogP contribution in [0.25, 0.3) is 0 Å². The molecular formula is C46H65N7O18. The third-order valence-corrected chi connectivity index (χ3v) is 10.6. The molecule has 0 aliphatic carbocycles. The fraction of sp³-hybridized carbons (Fsp3) is 0.522. The molecule has 0 aliphatic rings. The van der Waals surface area contributed by atoms with Crippen LogP contribution >= 0.6 is 0 Å². The first-order chi connectivity index (χ1) is 33.7. The summed E-state index contributed by atoms with van der Waals surface area (Å²) in [4.78, 5) is 119. The molecule has 71 heavy (non-hydrogen) atoms. The highest BCUT2D eigenvalue weighted by Gasteiger charge is 2.23. The smallest absolute Gasteiger partial charge is 0.326 e. The van der Waals surface area contributed by atoms with E-state index in [4.69, 9.17) is 14.9 Å². The van der Waals surface area contributed by atoms with Crippen molar-refractivity contribution in [2.75, 3.05) is 45.8 Å². The molecule has 0 unspecified atom stereocenters.